The molecule has 11 rings (SSSR count). The van der Waals surface area contributed by atoms with Gasteiger partial charge in [0, 0.05) is 5.56 Å². The van der Waals surface area contributed by atoms with Crippen LogP contribution < -0.4 is 23.7 Å². The van der Waals surface area contributed by atoms with Gasteiger partial charge in [0.05, 0.1) is 44.5 Å². The Morgan fingerprint density at radius 3 is 0.792 bits per heavy atom. The molecule has 0 bridgehead atoms. The molecule has 1 fully saturated rings. The summed E-state index contributed by atoms with van der Waals surface area (Å²) >= 11 is 0. The van der Waals surface area contributed by atoms with Crippen molar-refractivity contribution in [1.29, 1.82) is 0 Å². The highest BCUT2D eigenvalue weighted by Gasteiger charge is 2.56. The van der Waals surface area contributed by atoms with E-state index in [-0.39, 0.29) is 5.56 Å². The number of ether oxygens (including phenoxy) is 10. The Morgan fingerprint density at radius 1 is 0.250 bits per heavy atom. The van der Waals surface area contributed by atoms with Gasteiger partial charge in [-0.3, -0.25) is 4.79 Å². The number of benzene rings is 10. The molecule has 0 aromatic heterocycles. The van der Waals surface area contributed by atoms with Gasteiger partial charge in [0.1, 0.15) is 25.2 Å². The molecule has 0 aliphatic carbocycles. The van der Waals surface area contributed by atoms with E-state index in [4.69, 9.17) is 47.4 Å². The third kappa shape index (κ3) is 17.2. The summed E-state index contributed by atoms with van der Waals surface area (Å²) in [5.41, 5.74) is -8.98. The van der Waals surface area contributed by atoms with E-state index in [1.165, 1.54) is 0 Å². The van der Waals surface area contributed by atoms with Gasteiger partial charge in [-0.25, -0.2) is 38.4 Å². The summed E-state index contributed by atoms with van der Waals surface area (Å²) in [5, 5.41) is 262. The van der Waals surface area contributed by atoms with Crippen LogP contribution in [0.2, 0.25) is 0 Å². The van der Waals surface area contributed by atoms with Crippen molar-refractivity contribution < 1.29 is 218 Å². The maximum absolute atomic E-state index is 16.1. The highest BCUT2D eigenvalue weighted by molar-refractivity contribution is 6.02. The Kier molecular flexibility index (Phi) is 22.8. The van der Waals surface area contributed by atoms with E-state index in [9.17, 15) is 152 Å². The highest BCUT2D eigenvalue weighted by Crippen LogP contribution is 2.48. The maximum atomic E-state index is 16.1. The number of ketones is 1. The van der Waals surface area contributed by atoms with Crippen molar-refractivity contribution in [1.82, 2.24) is 0 Å². The van der Waals surface area contributed by atoms with Crippen LogP contribution >= 0.6 is 0 Å². The lowest BCUT2D eigenvalue weighted by atomic mass is 9.84. The molecule has 1 aliphatic rings. The van der Waals surface area contributed by atoms with Crippen LogP contribution in [-0.4, -0.2) is 212 Å². The lowest BCUT2D eigenvalue weighted by Gasteiger charge is -2.44. The number of hydrogen-bond acceptors (Lipinski definition) is 44. The minimum absolute atomic E-state index is 0.241. The van der Waals surface area contributed by atoms with Gasteiger partial charge in [0.25, 0.3) is 0 Å². The van der Waals surface area contributed by atoms with Crippen LogP contribution in [0.1, 0.15) is 98.8 Å². The molecular weight excluding hydrogens is 1620 g/mol. The van der Waals surface area contributed by atoms with Crippen LogP contribution in [0.3, 0.4) is 0 Å². The molecular formula is C76H54O44. The first kappa shape index (κ1) is 83.3. The summed E-state index contributed by atoms with van der Waals surface area (Å²) in [6.07, 6.45) is -11.7. The predicted molar refractivity (Wildman–Crippen MR) is 381 cm³/mol. The number of rotatable bonds is 22. The van der Waals surface area contributed by atoms with Gasteiger partial charge in [-0.05, 0) is 127 Å². The molecule has 0 radical (unpaired) electrons. The number of esters is 8. The van der Waals surface area contributed by atoms with E-state index in [1.807, 2.05) is 0 Å². The minimum atomic E-state index is -3.06. The molecule has 0 unspecified atom stereocenters. The van der Waals surface area contributed by atoms with Gasteiger partial charge in [-0.15, -0.1) is 0 Å². The van der Waals surface area contributed by atoms with Gasteiger partial charge < -0.3 is 175 Å². The fourth-order valence-electron chi connectivity index (χ4n) is 11.1. The zero-order chi connectivity index (χ0) is 87.8. The number of carbonyl (C=O) groups excluding carboxylic acids is 9. The second kappa shape index (κ2) is 32.8. The number of hydrogen-bond donors (Lipinski definition) is 25. The Bertz CT molecular complexity index is 5850. The molecule has 1 aliphatic heterocycles. The summed E-state index contributed by atoms with van der Waals surface area (Å²) in [5.74, 6) is -55.3. The molecule has 10 aromatic carbocycles. The molecule has 0 amide bonds. The molecule has 0 saturated carbocycles. The van der Waals surface area contributed by atoms with Crippen molar-refractivity contribution in [3.05, 3.63) is 177 Å². The van der Waals surface area contributed by atoms with Crippen LogP contribution in [0, 0.1) is 5.92 Å². The molecule has 1 heterocycles. The zero-order valence-electron chi connectivity index (χ0n) is 59.3. The van der Waals surface area contributed by atoms with Gasteiger partial charge in [-0.2, -0.15) is 0 Å². The van der Waals surface area contributed by atoms with Gasteiger partial charge in [0.15, 0.2) is 162 Å². The fraction of sp³-hybridized carbons (Fsp3) is 0.0921. The summed E-state index contributed by atoms with van der Waals surface area (Å²) in [7, 11) is 0. The first-order valence-electron chi connectivity index (χ1n) is 33.0. The van der Waals surface area contributed by atoms with Gasteiger partial charge in [-0.1, -0.05) is 0 Å². The van der Waals surface area contributed by atoms with Crippen LogP contribution in [0.5, 0.6) is 172 Å². The summed E-state index contributed by atoms with van der Waals surface area (Å²) in [6, 6.07) is 9.81. The fourth-order valence-corrected chi connectivity index (χ4v) is 11.1. The lowest BCUT2D eigenvalue weighted by Crippen LogP contribution is -2.61. The maximum Gasteiger partial charge on any atom is 0.343 e. The van der Waals surface area contributed by atoms with E-state index in [0.717, 1.165) is 12.1 Å². The Labute approximate surface area is 662 Å². The first-order chi connectivity index (χ1) is 56.5. The monoisotopic (exact) mass is 1670 g/mol. The standard InChI is InChI=1S/C76H54O44/c77-33-1-23(2-34(78)56(33)93)21-111-48-16-24(3-43(87)61(48)98)55(92)54-67(119-74(109)31-14-46(90)64(101)51(19-31)115-71(106)27-8-39(83)59(96)40(84)9-27)66(118-73(108)30-13-45(89)63(100)50(18-30)114-70(105)26-6-37(81)58(95)38(82)7-26)53(22-112-68(103)29-12-44(88)62(99)49(17-29)113-69(104)25-4-35(79)57(94)36(80)5-25)117-76(54)120-75(110)32-15-47(91)65(102)52(20-32)116-72(107)28-10-41(85)60(97)42(86)11-28/h1-20,53-54,66-67,76-91,93-102H,21-22H2/t53-,54-,66-,67-,76+/m1/s1. The molecule has 44 heteroatoms. The largest absolute Gasteiger partial charge is 0.504 e. The van der Waals surface area contributed by atoms with Crippen molar-refractivity contribution in [2.75, 3.05) is 6.61 Å². The van der Waals surface area contributed by atoms with Crippen LogP contribution in [-0.2, 0) is 30.3 Å². The van der Waals surface area contributed by atoms with E-state index >= 15 is 19.2 Å². The third-order valence-corrected chi connectivity index (χ3v) is 17.1. The Balaban J connectivity index is 1.10. The quantitative estimate of drug-likeness (QED) is 0.0131. The van der Waals surface area contributed by atoms with E-state index in [2.05, 4.69) is 0 Å². The Morgan fingerprint density at radius 2 is 0.483 bits per heavy atom. The predicted octanol–water partition coefficient (Wildman–Crippen LogP) is 5.47. The number of aromatic hydroxyl groups is 25. The second-order valence-electron chi connectivity index (χ2n) is 25.2. The molecule has 44 nitrogen and oxygen atoms in total. The molecule has 622 valence electrons. The van der Waals surface area contributed by atoms with Crippen molar-refractivity contribution in [2.45, 2.75) is 31.2 Å². The topological polar surface area (TPSA) is 752 Å². The summed E-state index contributed by atoms with van der Waals surface area (Å²) in [4.78, 5) is 130. The van der Waals surface area contributed by atoms with Gasteiger partial charge >= 0.3 is 47.8 Å². The number of carbonyl (C=O) groups is 9. The number of Topliss-reactive ketones (excluding diaryl/α,β-unsaturated/α-hetero) is 1. The number of phenolic OH excluding ortho intramolecular Hbond substituents is 25. The van der Waals surface area contributed by atoms with Crippen LogP contribution in [0.4, 0.5) is 0 Å². The SMILES string of the molecule is O=C(OC[C@H]1O[C@@H](OC(=O)c2cc(O)c(O)c(OC(=O)c3cc(O)c(O)c(O)c3)c2)[C@H](C(=O)c2cc(O)c(O)c(OCc3cc(O)c(O)c(O)c3)c2)[C@@H](OC(=O)c2cc(O)c(O)c(OC(=O)c3cc(O)c(O)c(O)c3)c2)[C@@H]1OC(=O)c1cc(O)c(O)c(OC(=O)c2cc(O)c(O)c(O)c2)c1)c1cc(O)c(O)c(OC(=O)c2cc(O)c(O)c(O)c2)c1. The third-order valence-electron chi connectivity index (χ3n) is 17.1. The van der Waals surface area contributed by atoms with Crippen molar-refractivity contribution in [3.8, 4) is 172 Å². The van der Waals surface area contributed by atoms with Crippen LogP contribution in [0.25, 0.3) is 0 Å². The highest BCUT2D eigenvalue weighted by atomic mass is 16.7. The average molecular weight is 1670 g/mol. The molecule has 0 spiro atoms. The molecule has 5 atom stereocenters. The lowest BCUT2D eigenvalue weighted by molar-refractivity contribution is -0.256. The normalized spacial score (nSPS) is 14.8. The van der Waals surface area contributed by atoms with Crippen molar-refractivity contribution in [2.24, 2.45) is 5.92 Å². The molecule has 120 heavy (non-hydrogen) atoms. The second-order valence-corrected chi connectivity index (χ2v) is 25.2. The first-order valence-corrected chi connectivity index (χ1v) is 33.0. The zero-order valence-corrected chi connectivity index (χ0v) is 59.3. The minimum Gasteiger partial charge on any atom is -0.504 e. The van der Waals surface area contributed by atoms with E-state index in [0.29, 0.717) is 109 Å². The molecule has 1 saturated heterocycles. The number of phenols is 25. The molecule has 25 N–H and O–H groups in total. The smallest absolute Gasteiger partial charge is 0.343 e. The van der Waals surface area contributed by atoms with E-state index in [1.54, 1.807) is 0 Å². The van der Waals surface area contributed by atoms with Gasteiger partial charge in [0.2, 0.25) is 35.0 Å². The van der Waals surface area contributed by atoms with Crippen LogP contribution in [0.15, 0.2) is 121 Å². The van der Waals surface area contributed by atoms with Crippen molar-refractivity contribution >= 4 is 53.5 Å². The van der Waals surface area contributed by atoms with Crippen molar-refractivity contribution in [3.63, 3.8) is 0 Å². The molecule has 10 aromatic rings. The summed E-state index contributed by atoms with van der Waals surface area (Å²) in [6.45, 7) is -2.57. The van der Waals surface area contributed by atoms with E-state index < -0.39 is 320 Å². The Hall–Kier alpha value is -17.6. The average Bonchev–Trinajstić information content (AvgIpc) is 0.753. The summed E-state index contributed by atoms with van der Waals surface area (Å²) < 4.78 is 55.6.